The summed E-state index contributed by atoms with van der Waals surface area (Å²) in [6.07, 6.45) is 7.07. The number of fused-ring (bicyclic) bond motifs is 1. The minimum atomic E-state index is 0.800. The molecule has 0 bridgehead atoms. The van der Waals surface area contributed by atoms with Crippen molar-refractivity contribution in [3.63, 3.8) is 0 Å². The molecule has 0 amide bonds. The molecule has 2 nitrogen and oxygen atoms in total. The Morgan fingerprint density at radius 2 is 1.62 bits per heavy atom. The Bertz CT molecular complexity index is 225. The van der Waals surface area contributed by atoms with E-state index in [0.717, 1.165) is 37.0 Å². The maximum absolute atomic E-state index is 5.47. The summed E-state index contributed by atoms with van der Waals surface area (Å²) in [5.74, 6) is 2.98. The van der Waals surface area contributed by atoms with Gasteiger partial charge < -0.3 is 4.74 Å². The SMILES string of the molecule is CC(C1CCOCC1)N1CC2CCCC2C1. The van der Waals surface area contributed by atoms with Gasteiger partial charge in [0, 0.05) is 32.3 Å². The zero-order valence-electron chi connectivity index (χ0n) is 10.5. The summed E-state index contributed by atoms with van der Waals surface area (Å²) < 4.78 is 5.47. The lowest BCUT2D eigenvalue weighted by Gasteiger charge is -2.34. The maximum Gasteiger partial charge on any atom is 0.0469 e. The topological polar surface area (TPSA) is 12.5 Å². The van der Waals surface area contributed by atoms with Crippen LogP contribution in [0.4, 0.5) is 0 Å². The molecule has 16 heavy (non-hydrogen) atoms. The molecule has 0 aromatic rings. The van der Waals surface area contributed by atoms with Crippen LogP contribution in [0, 0.1) is 17.8 Å². The van der Waals surface area contributed by atoms with Crippen molar-refractivity contribution in [1.82, 2.24) is 4.90 Å². The molecular formula is C14H25NO. The summed E-state index contributed by atoms with van der Waals surface area (Å²) in [7, 11) is 0. The second kappa shape index (κ2) is 4.66. The fourth-order valence-electron chi connectivity index (χ4n) is 4.10. The van der Waals surface area contributed by atoms with Gasteiger partial charge in [0.15, 0.2) is 0 Å². The van der Waals surface area contributed by atoms with Crippen molar-refractivity contribution >= 4 is 0 Å². The lowest BCUT2D eigenvalue weighted by Crippen LogP contribution is -2.39. The number of ether oxygens (including phenoxy) is 1. The average molecular weight is 223 g/mol. The first kappa shape index (κ1) is 11.0. The van der Waals surface area contributed by atoms with Gasteiger partial charge in [0.2, 0.25) is 0 Å². The van der Waals surface area contributed by atoms with E-state index in [-0.39, 0.29) is 0 Å². The Kier molecular flexibility index (Phi) is 3.21. The van der Waals surface area contributed by atoms with Crippen molar-refractivity contribution in [3.8, 4) is 0 Å². The molecule has 0 spiro atoms. The quantitative estimate of drug-likeness (QED) is 0.713. The molecule has 0 radical (unpaired) electrons. The van der Waals surface area contributed by atoms with Crippen LogP contribution in [0.1, 0.15) is 39.0 Å². The Morgan fingerprint density at radius 1 is 1.00 bits per heavy atom. The van der Waals surface area contributed by atoms with Crippen molar-refractivity contribution in [3.05, 3.63) is 0 Å². The Labute approximate surface area is 99.3 Å². The number of rotatable bonds is 2. The van der Waals surface area contributed by atoms with E-state index < -0.39 is 0 Å². The van der Waals surface area contributed by atoms with E-state index >= 15 is 0 Å². The normalized spacial score (nSPS) is 38.8. The first-order valence-electron chi connectivity index (χ1n) is 7.16. The third-order valence-corrected chi connectivity index (χ3v) is 5.28. The average Bonchev–Trinajstić information content (AvgIpc) is 2.89. The molecule has 1 saturated carbocycles. The van der Waals surface area contributed by atoms with Crippen LogP contribution in [0.15, 0.2) is 0 Å². The molecule has 3 rings (SSSR count). The summed E-state index contributed by atoms with van der Waals surface area (Å²) in [6, 6.07) is 0.800. The maximum atomic E-state index is 5.47. The molecule has 1 aliphatic carbocycles. The summed E-state index contributed by atoms with van der Waals surface area (Å²) in [4.78, 5) is 2.78. The van der Waals surface area contributed by atoms with Crippen LogP contribution in [-0.4, -0.2) is 37.2 Å². The van der Waals surface area contributed by atoms with Crippen molar-refractivity contribution in [1.29, 1.82) is 0 Å². The molecule has 2 heterocycles. The second-order valence-corrected chi connectivity index (χ2v) is 6.10. The Hall–Kier alpha value is -0.0800. The number of nitrogens with zero attached hydrogens (tertiary/aromatic N) is 1. The molecule has 0 aromatic heterocycles. The minimum absolute atomic E-state index is 0.800. The van der Waals surface area contributed by atoms with Crippen molar-refractivity contribution in [2.45, 2.75) is 45.1 Å². The third-order valence-electron chi connectivity index (χ3n) is 5.28. The Balaban J connectivity index is 1.56. The Morgan fingerprint density at radius 3 is 2.25 bits per heavy atom. The standard InChI is InChI=1S/C14H25NO/c1-11(12-5-7-16-8-6-12)15-9-13-3-2-4-14(13)10-15/h11-14H,2-10H2,1H3. The predicted octanol–water partition coefficient (Wildman–Crippen LogP) is 2.53. The number of hydrogen-bond donors (Lipinski definition) is 0. The highest BCUT2D eigenvalue weighted by molar-refractivity contribution is 4.92. The van der Waals surface area contributed by atoms with Gasteiger partial charge in [-0.25, -0.2) is 0 Å². The lowest BCUT2D eigenvalue weighted by atomic mass is 9.92. The summed E-state index contributed by atoms with van der Waals surface area (Å²) in [6.45, 7) is 7.23. The van der Waals surface area contributed by atoms with E-state index in [9.17, 15) is 0 Å². The second-order valence-electron chi connectivity index (χ2n) is 6.10. The highest BCUT2D eigenvalue weighted by atomic mass is 16.5. The van der Waals surface area contributed by atoms with Gasteiger partial charge in [-0.15, -0.1) is 0 Å². The molecule has 2 heteroatoms. The highest BCUT2D eigenvalue weighted by Crippen LogP contribution is 2.39. The minimum Gasteiger partial charge on any atom is -0.381 e. The van der Waals surface area contributed by atoms with Gasteiger partial charge in [-0.05, 0) is 50.4 Å². The van der Waals surface area contributed by atoms with Gasteiger partial charge in [-0.3, -0.25) is 4.90 Å². The molecule has 3 fully saturated rings. The monoisotopic (exact) mass is 223 g/mol. The van der Waals surface area contributed by atoms with Gasteiger partial charge in [-0.1, -0.05) is 6.42 Å². The van der Waals surface area contributed by atoms with E-state index in [4.69, 9.17) is 4.74 Å². The number of likely N-dealkylation sites (tertiary alicyclic amines) is 1. The summed E-state index contributed by atoms with van der Waals surface area (Å²) in [5, 5.41) is 0. The predicted molar refractivity (Wildman–Crippen MR) is 65.4 cm³/mol. The van der Waals surface area contributed by atoms with Gasteiger partial charge in [0.05, 0.1) is 0 Å². The van der Waals surface area contributed by atoms with Crippen LogP contribution in [0.5, 0.6) is 0 Å². The summed E-state index contributed by atoms with van der Waals surface area (Å²) >= 11 is 0. The van der Waals surface area contributed by atoms with Crippen LogP contribution in [0.25, 0.3) is 0 Å². The molecule has 0 aromatic carbocycles. The van der Waals surface area contributed by atoms with Crippen LogP contribution in [-0.2, 0) is 4.74 Å². The van der Waals surface area contributed by atoms with Crippen molar-refractivity contribution < 1.29 is 4.74 Å². The van der Waals surface area contributed by atoms with Crippen LogP contribution in [0.2, 0.25) is 0 Å². The fourth-order valence-corrected chi connectivity index (χ4v) is 4.10. The zero-order chi connectivity index (χ0) is 11.0. The molecule has 92 valence electrons. The zero-order valence-corrected chi connectivity index (χ0v) is 10.5. The largest absolute Gasteiger partial charge is 0.381 e. The molecule has 0 N–H and O–H groups in total. The number of hydrogen-bond acceptors (Lipinski definition) is 2. The van der Waals surface area contributed by atoms with E-state index in [2.05, 4.69) is 11.8 Å². The van der Waals surface area contributed by atoms with Gasteiger partial charge in [-0.2, -0.15) is 0 Å². The lowest BCUT2D eigenvalue weighted by molar-refractivity contribution is 0.0339. The molecule has 3 atom stereocenters. The molecule has 3 unspecified atom stereocenters. The van der Waals surface area contributed by atoms with Crippen molar-refractivity contribution in [2.75, 3.05) is 26.3 Å². The van der Waals surface area contributed by atoms with E-state index in [1.54, 1.807) is 0 Å². The first-order chi connectivity index (χ1) is 7.84. The molecule has 2 aliphatic heterocycles. The first-order valence-corrected chi connectivity index (χ1v) is 7.16. The third kappa shape index (κ3) is 2.02. The van der Waals surface area contributed by atoms with E-state index in [1.807, 2.05) is 0 Å². The van der Waals surface area contributed by atoms with Gasteiger partial charge >= 0.3 is 0 Å². The molecular weight excluding hydrogens is 198 g/mol. The van der Waals surface area contributed by atoms with Crippen LogP contribution < -0.4 is 0 Å². The highest BCUT2D eigenvalue weighted by Gasteiger charge is 2.39. The fraction of sp³-hybridized carbons (Fsp3) is 1.00. The van der Waals surface area contributed by atoms with Crippen LogP contribution in [0.3, 0.4) is 0 Å². The van der Waals surface area contributed by atoms with Crippen molar-refractivity contribution in [2.24, 2.45) is 17.8 Å². The molecule has 2 saturated heterocycles. The van der Waals surface area contributed by atoms with Gasteiger partial charge in [0.1, 0.15) is 0 Å². The van der Waals surface area contributed by atoms with Gasteiger partial charge in [0.25, 0.3) is 0 Å². The van der Waals surface area contributed by atoms with E-state index in [1.165, 1.54) is 45.2 Å². The van der Waals surface area contributed by atoms with Crippen LogP contribution >= 0.6 is 0 Å². The van der Waals surface area contributed by atoms with E-state index in [0.29, 0.717) is 0 Å². The summed E-state index contributed by atoms with van der Waals surface area (Å²) in [5.41, 5.74) is 0. The molecule has 3 aliphatic rings. The smallest absolute Gasteiger partial charge is 0.0469 e.